The highest BCUT2D eigenvalue weighted by Crippen LogP contribution is 2.08. The van der Waals surface area contributed by atoms with Crippen LogP contribution in [0.4, 0.5) is 0 Å². The fourth-order valence-corrected chi connectivity index (χ4v) is 2.20. The molecule has 2 rings (SSSR count). The molecule has 1 amide bonds. The number of carbonyl (C=O) groups is 1. The minimum atomic E-state index is 0.0826. The van der Waals surface area contributed by atoms with Crippen LogP contribution >= 0.6 is 0 Å². The van der Waals surface area contributed by atoms with Crippen LogP contribution < -0.4 is 4.90 Å². The van der Waals surface area contributed by atoms with Gasteiger partial charge in [0.25, 0.3) is 0 Å². The molecular formula is C14H21N2O2+. The summed E-state index contributed by atoms with van der Waals surface area (Å²) in [7, 11) is 0. The number of rotatable bonds is 3. The lowest BCUT2D eigenvalue weighted by Gasteiger charge is -2.30. The van der Waals surface area contributed by atoms with E-state index in [1.807, 2.05) is 24.0 Å². The van der Waals surface area contributed by atoms with Crippen molar-refractivity contribution in [2.75, 3.05) is 32.7 Å². The molecule has 0 aromatic carbocycles. The summed E-state index contributed by atoms with van der Waals surface area (Å²) in [6.07, 6.45) is 3.35. The summed E-state index contributed by atoms with van der Waals surface area (Å²) in [6, 6.07) is 3.77. The van der Waals surface area contributed by atoms with E-state index < -0.39 is 0 Å². The molecule has 0 radical (unpaired) electrons. The fraction of sp³-hybridized carbons (Fsp3) is 0.500. The van der Waals surface area contributed by atoms with E-state index in [-0.39, 0.29) is 5.91 Å². The molecule has 0 atom stereocenters. The first-order valence-corrected chi connectivity index (χ1v) is 6.56. The number of furan rings is 1. The number of carbonyl (C=O) groups excluding carboxylic acids is 1. The lowest BCUT2D eigenvalue weighted by Crippen LogP contribution is -3.14. The van der Waals surface area contributed by atoms with Crippen LogP contribution in [0.3, 0.4) is 0 Å². The molecule has 0 saturated carbocycles. The lowest BCUT2D eigenvalue weighted by atomic mass is 10.3. The van der Waals surface area contributed by atoms with Crippen molar-refractivity contribution in [3.63, 3.8) is 0 Å². The van der Waals surface area contributed by atoms with E-state index >= 15 is 0 Å². The first-order chi connectivity index (χ1) is 8.69. The predicted molar refractivity (Wildman–Crippen MR) is 70.3 cm³/mol. The van der Waals surface area contributed by atoms with E-state index in [9.17, 15) is 4.79 Å². The second kappa shape index (κ2) is 5.87. The van der Waals surface area contributed by atoms with Gasteiger partial charge in [-0.2, -0.15) is 0 Å². The Labute approximate surface area is 108 Å². The molecule has 1 aromatic heterocycles. The summed E-state index contributed by atoms with van der Waals surface area (Å²) >= 11 is 0. The van der Waals surface area contributed by atoms with Crippen LogP contribution in [0.1, 0.15) is 18.4 Å². The molecule has 4 heteroatoms. The molecule has 1 aliphatic heterocycles. The number of nitrogens with one attached hydrogen (secondary N) is 1. The van der Waals surface area contributed by atoms with Gasteiger partial charge in [0, 0.05) is 6.08 Å². The Morgan fingerprint density at radius 1 is 1.44 bits per heavy atom. The molecule has 4 nitrogen and oxygen atoms in total. The molecule has 2 heterocycles. The Morgan fingerprint density at radius 3 is 2.72 bits per heavy atom. The number of quaternary nitrogens is 1. The van der Waals surface area contributed by atoms with E-state index in [1.165, 1.54) is 0 Å². The van der Waals surface area contributed by atoms with Crippen LogP contribution in [-0.4, -0.2) is 43.5 Å². The highest BCUT2D eigenvalue weighted by atomic mass is 16.3. The molecule has 18 heavy (non-hydrogen) atoms. The van der Waals surface area contributed by atoms with E-state index in [4.69, 9.17) is 4.42 Å². The predicted octanol–water partition coefficient (Wildman–Crippen LogP) is 0.348. The second-order valence-electron chi connectivity index (χ2n) is 4.71. The maximum absolute atomic E-state index is 12.0. The highest BCUT2D eigenvalue weighted by Gasteiger charge is 2.20. The topological polar surface area (TPSA) is 37.9 Å². The van der Waals surface area contributed by atoms with Crippen molar-refractivity contribution in [1.29, 1.82) is 0 Å². The first-order valence-electron chi connectivity index (χ1n) is 6.56. The number of piperazine rings is 1. The van der Waals surface area contributed by atoms with Gasteiger partial charge in [0.1, 0.15) is 11.5 Å². The maximum Gasteiger partial charge on any atom is 0.247 e. The molecular weight excluding hydrogens is 228 g/mol. The lowest BCUT2D eigenvalue weighted by molar-refractivity contribution is -0.902. The molecule has 0 spiro atoms. The standard InChI is InChI=1S/C14H20N2O2/c1-3-15-8-10-16(11-9-15)14(17)7-6-13-5-4-12(2)18-13/h4-7H,3,8-11H2,1-2H3/p+1. The number of aryl methyl sites for hydroxylation is 1. The second-order valence-corrected chi connectivity index (χ2v) is 4.71. The Balaban J connectivity index is 1.87. The molecule has 1 N–H and O–H groups in total. The Hall–Kier alpha value is -1.55. The van der Waals surface area contributed by atoms with Crippen molar-refractivity contribution >= 4 is 12.0 Å². The van der Waals surface area contributed by atoms with Crippen molar-refractivity contribution in [2.24, 2.45) is 0 Å². The zero-order valence-electron chi connectivity index (χ0n) is 11.1. The minimum Gasteiger partial charge on any atom is -0.462 e. The van der Waals surface area contributed by atoms with Crippen LogP contribution in [0.25, 0.3) is 6.08 Å². The molecule has 0 bridgehead atoms. The van der Waals surface area contributed by atoms with Crippen molar-refractivity contribution in [3.8, 4) is 0 Å². The van der Waals surface area contributed by atoms with Crippen LogP contribution in [0, 0.1) is 6.92 Å². The molecule has 0 aliphatic carbocycles. The van der Waals surface area contributed by atoms with E-state index in [0.29, 0.717) is 0 Å². The SMILES string of the molecule is CC[NH+]1CCN(C(=O)C=Cc2ccc(C)o2)CC1. The summed E-state index contributed by atoms with van der Waals surface area (Å²) in [5.74, 6) is 1.68. The number of nitrogens with zero attached hydrogens (tertiary/aromatic N) is 1. The van der Waals surface area contributed by atoms with Crippen LogP contribution in [0.2, 0.25) is 0 Å². The van der Waals surface area contributed by atoms with Gasteiger partial charge in [0.15, 0.2) is 0 Å². The summed E-state index contributed by atoms with van der Waals surface area (Å²) < 4.78 is 5.39. The van der Waals surface area contributed by atoms with Crippen LogP contribution in [0.15, 0.2) is 22.6 Å². The normalized spacial score (nSPS) is 17.6. The Morgan fingerprint density at radius 2 is 2.17 bits per heavy atom. The number of likely N-dealkylation sites (N-methyl/N-ethyl adjacent to an activating group) is 1. The van der Waals surface area contributed by atoms with Gasteiger partial charge in [-0.05, 0) is 32.1 Å². The zero-order valence-corrected chi connectivity index (χ0v) is 11.1. The Bertz CT molecular complexity index is 429. The van der Waals surface area contributed by atoms with Gasteiger partial charge in [0.2, 0.25) is 5.91 Å². The van der Waals surface area contributed by atoms with E-state index in [1.54, 1.807) is 17.1 Å². The Kier molecular flexibility index (Phi) is 4.20. The monoisotopic (exact) mass is 249 g/mol. The average molecular weight is 249 g/mol. The average Bonchev–Trinajstić information content (AvgIpc) is 2.82. The summed E-state index contributed by atoms with van der Waals surface area (Å²) in [6.45, 7) is 9.03. The van der Waals surface area contributed by atoms with E-state index in [2.05, 4.69) is 6.92 Å². The van der Waals surface area contributed by atoms with Crippen molar-refractivity contribution in [3.05, 3.63) is 29.7 Å². The van der Waals surface area contributed by atoms with Gasteiger partial charge in [-0.3, -0.25) is 4.79 Å². The van der Waals surface area contributed by atoms with Gasteiger partial charge in [-0.15, -0.1) is 0 Å². The van der Waals surface area contributed by atoms with Crippen molar-refractivity contribution in [2.45, 2.75) is 13.8 Å². The van der Waals surface area contributed by atoms with Crippen molar-refractivity contribution in [1.82, 2.24) is 4.90 Å². The van der Waals surface area contributed by atoms with Gasteiger partial charge in [-0.25, -0.2) is 0 Å². The summed E-state index contributed by atoms with van der Waals surface area (Å²) in [4.78, 5) is 15.4. The minimum absolute atomic E-state index is 0.0826. The van der Waals surface area contributed by atoms with Gasteiger partial charge < -0.3 is 14.2 Å². The van der Waals surface area contributed by atoms with Gasteiger partial charge in [-0.1, -0.05) is 0 Å². The zero-order chi connectivity index (χ0) is 13.0. The smallest absolute Gasteiger partial charge is 0.247 e. The quantitative estimate of drug-likeness (QED) is 0.785. The molecule has 0 unspecified atom stereocenters. The molecule has 1 fully saturated rings. The number of hydrogen-bond acceptors (Lipinski definition) is 2. The molecule has 98 valence electrons. The molecule has 1 aromatic rings. The van der Waals surface area contributed by atoms with Crippen LogP contribution in [0.5, 0.6) is 0 Å². The highest BCUT2D eigenvalue weighted by molar-refractivity contribution is 5.91. The van der Waals surface area contributed by atoms with E-state index in [0.717, 1.165) is 44.2 Å². The number of amides is 1. The number of hydrogen-bond donors (Lipinski definition) is 1. The molecule has 1 aliphatic rings. The molecule has 1 saturated heterocycles. The summed E-state index contributed by atoms with van der Waals surface area (Å²) in [5.41, 5.74) is 0. The van der Waals surface area contributed by atoms with Gasteiger partial charge in [0.05, 0.1) is 32.7 Å². The summed E-state index contributed by atoms with van der Waals surface area (Å²) in [5, 5.41) is 0. The van der Waals surface area contributed by atoms with Crippen LogP contribution in [-0.2, 0) is 4.79 Å². The largest absolute Gasteiger partial charge is 0.462 e. The first kappa shape index (κ1) is 12.9. The third-order valence-corrected chi connectivity index (χ3v) is 3.43. The maximum atomic E-state index is 12.0. The third-order valence-electron chi connectivity index (χ3n) is 3.43. The van der Waals surface area contributed by atoms with Crippen molar-refractivity contribution < 1.29 is 14.1 Å². The third kappa shape index (κ3) is 3.23. The fourth-order valence-electron chi connectivity index (χ4n) is 2.20. The van der Waals surface area contributed by atoms with Gasteiger partial charge >= 0.3 is 0 Å².